The van der Waals surface area contributed by atoms with E-state index in [0.717, 1.165) is 11.0 Å². The van der Waals surface area contributed by atoms with Crippen LogP contribution in [0.2, 0.25) is 5.02 Å². The summed E-state index contributed by atoms with van der Waals surface area (Å²) >= 11 is 6.03. The quantitative estimate of drug-likeness (QED) is 0.500. The molecule has 0 unspecified atom stereocenters. The standard InChI is InChI=1S/C22H17ClF2N2O5S/c1-31-19-8-7-14(11-20(19)32-2)27-22(28)26(12-15-16(23)9-13(24)10-17(15)25)18-5-3-4-6-21(18)33(27,29)30/h3-11H,12H2,1-2H3. The van der Waals surface area contributed by atoms with E-state index in [-0.39, 0.29) is 32.6 Å². The van der Waals surface area contributed by atoms with Crippen molar-refractivity contribution in [3.05, 3.63) is 76.8 Å². The second kappa shape index (κ2) is 8.53. The molecule has 0 radical (unpaired) electrons. The number of anilines is 2. The number of rotatable bonds is 5. The fourth-order valence-corrected chi connectivity index (χ4v) is 5.39. The Balaban J connectivity index is 1.89. The highest BCUT2D eigenvalue weighted by molar-refractivity contribution is 7.94. The Kier molecular flexibility index (Phi) is 5.89. The van der Waals surface area contributed by atoms with Gasteiger partial charge in [0.25, 0.3) is 10.0 Å². The van der Waals surface area contributed by atoms with E-state index < -0.39 is 34.2 Å². The topological polar surface area (TPSA) is 76.2 Å². The maximum atomic E-state index is 14.5. The molecule has 1 aliphatic heterocycles. The average Bonchev–Trinajstić information content (AvgIpc) is 2.77. The van der Waals surface area contributed by atoms with Gasteiger partial charge in [-0.3, -0.25) is 4.90 Å². The first-order chi connectivity index (χ1) is 15.7. The Morgan fingerprint density at radius 1 is 0.970 bits per heavy atom. The summed E-state index contributed by atoms with van der Waals surface area (Å²) in [5.41, 5.74) is -0.130. The molecule has 0 aliphatic carbocycles. The number of hydrogen-bond donors (Lipinski definition) is 0. The molecule has 172 valence electrons. The van der Waals surface area contributed by atoms with Crippen molar-refractivity contribution in [2.24, 2.45) is 0 Å². The summed E-state index contributed by atoms with van der Waals surface area (Å²) in [7, 11) is -1.54. The van der Waals surface area contributed by atoms with Gasteiger partial charge in [-0.25, -0.2) is 22.0 Å². The molecule has 4 rings (SSSR count). The molecule has 1 heterocycles. The summed E-state index contributed by atoms with van der Waals surface area (Å²) in [6.07, 6.45) is 0. The number of methoxy groups -OCH3 is 2. The monoisotopic (exact) mass is 494 g/mol. The van der Waals surface area contributed by atoms with Gasteiger partial charge in [-0.15, -0.1) is 0 Å². The maximum Gasteiger partial charge on any atom is 0.343 e. The zero-order chi connectivity index (χ0) is 23.9. The van der Waals surface area contributed by atoms with Crippen LogP contribution in [0.15, 0.2) is 59.5 Å². The van der Waals surface area contributed by atoms with Gasteiger partial charge >= 0.3 is 6.03 Å². The van der Waals surface area contributed by atoms with Crippen LogP contribution >= 0.6 is 11.6 Å². The van der Waals surface area contributed by atoms with Gasteiger partial charge in [0.15, 0.2) is 11.5 Å². The highest BCUT2D eigenvalue weighted by Gasteiger charge is 2.43. The van der Waals surface area contributed by atoms with E-state index in [1.807, 2.05) is 0 Å². The minimum atomic E-state index is -4.32. The number of hydrogen-bond acceptors (Lipinski definition) is 5. The van der Waals surface area contributed by atoms with Gasteiger partial charge in [-0.2, -0.15) is 4.31 Å². The summed E-state index contributed by atoms with van der Waals surface area (Å²) in [6.45, 7) is -0.430. The molecule has 3 aromatic carbocycles. The Hall–Kier alpha value is -3.37. The van der Waals surface area contributed by atoms with Crippen molar-refractivity contribution in [3.63, 3.8) is 0 Å². The molecule has 33 heavy (non-hydrogen) atoms. The van der Waals surface area contributed by atoms with Crippen molar-refractivity contribution < 1.29 is 31.5 Å². The zero-order valence-electron chi connectivity index (χ0n) is 17.4. The van der Waals surface area contributed by atoms with E-state index in [4.69, 9.17) is 21.1 Å². The summed E-state index contributed by atoms with van der Waals surface area (Å²) in [5.74, 6) is -1.30. The van der Waals surface area contributed by atoms with E-state index >= 15 is 0 Å². The molecule has 11 heteroatoms. The van der Waals surface area contributed by atoms with Crippen molar-refractivity contribution in [1.82, 2.24) is 0 Å². The highest BCUT2D eigenvalue weighted by Crippen LogP contribution is 2.41. The molecule has 3 aromatic rings. The lowest BCUT2D eigenvalue weighted by Crippen LogP contribution is -2.50. The summed E-state index contributed by atoms with van der Waals surface area (Å²) in [5, 5.41) is -0.233. The third kappa shape index (κ3) is 3.85. The van der Waals surface area contributed by atoms with Crippen molar-refractivity contribution >= 4 is 39.0 Å². The van der Waals surface area contributed by atoms with Gasteiger partial charge in [-0.05, 0) is 30.3 Å². The lowest BCUT2D eigenvalue weighted by atomic mass is 10.1. The molecular formula is C22H17ClF2N2O5S. The second-order valence-electron chi connectivity index (χ2n) is 6.99. The molecule has 0 saturated carbocycles. The molecule has 0 bridgehead atoms. The van der Waals surface area contributed by atoms with Gasteiger partial charge in [0.2, 0.25) is 0 Å². The van der Waals surface area contributed by atoms with Crippen molar-refractivity contribution in [2.45, 2.75) is 11.4 Å². The van der Waals surface area contributed by atoms with Crippen LogP contribution in [0.4, 0.5) is 25.0 Å². The van der Waals surface area contributed by atoms with Gasteiger partial charge < -0.3 is 9.47 Å². The molecule has 1 aliphatic rings. The summed E-state index contributed by atoms with van der Waals surface area (Å²) < 4.78 is 65.8. The number of para-hydroxylation sites is 1. The van der Waals surface area contributed by atoms with E-state index in [2.05, 4.69) is 0 Å². The van der Waals surface area contributed by atoms with Crippen molar-refractivity contribution in [1.29, 1.82) is 0 Å². The molecular weight excluding hydrogens is 478 g/mol. The van der Waals surface area contributed by atoms with E-state index in [9.17, 15) is 22.0 Å². The number of amides is 2. The third-order valence-corrected chi connectivity index (χ3v) is 7.19. The highest BCUT2D eigenvalue weighted by atomic mass is 35.5. The van der Waals surface area contributed by atoms with Crippen LogP contribution in [0.5, 0.6) is 11.5 Å². The Labute approximate surface area is 193 Å². The lowest BCUT2D eigenvalue weighted by molar-refractivity contribution is 0.253. The van der Waals surface area contributed by atoms with Crippen LogP contribution in [0.1, 0.15) is 5.56 Å². The van der Waals surface area contributed by atoms with Crippen LogP contribution in [0, 0.1) is 11.6 Å². The summed E-state index contributed by atoms with van der Waals surface area (Å²) in [4.78, 5) is 14.4. The number of nitrogens with zero attached hydrogens (tertiary/aromatic N) is 2. The lowest BCUT2D eigenvalue weighted by Gasteiger charge is -2.36. The predicted molar refractivity (Wildman–Crippen MR) is 119 cm³/mol. The zero-order valence-corrected chi connectivity index (χ0v) is 19.0. The predicted octanol–water partition coefficient (Wildman–Crippen LogP) is 4.97. The van der Waals surface area contributed by atoms with Crippen LogP contribution in [0.25, 0.3) is 0 Å². The fraction of sp³-hybridized carbons (Fsp3) is 0.136. The van der Waals surface area contributed by atoms with Gasteiger partial charge in [-0.1, -0.05) is 23.7 Å². The number of sulfonamides is 1. The van der Waals surface area contributed by atoms with Gasteiger partial charge in [0, 0.05) is 17.7 Å². The maximum absolute atomic E-state index is 14.5. The average molecular weight is 495 g/mol. The van der Waals surface area contributed by atoms with Crippen LogP contribution in [-0.4, -0.2) is 28.7 Å². The molecule has 0 atom stereocenters. The SMILES string of the molecule is COc1ccc(N2C(=O)N(Cc3c(F)cc(F)cc3Cl)c3ccccc3S2(=O)=O)cc1OC. The van der Waals surface area contributed by atoms with E-state index in [1.165, 1.54) is 50.6 Å². The summed E-state index contributed by atoms with van der Waals surface area (Å²) in [6, 6.07) is 10.6. The molecule has 2 amide bonds. The van der Waals surface area contributed by atoms with Gasteiger partial charge in [0.1, 0.15) is 16.5 Å². The number of fused-ring (bicyclic) bond motifs is 1. The minimum Gasteiger partial charge on any atom is -0.493 e. The van der Waals surface area contributed by atoms with Crippen molar-refractivity contribution in [2.75, 3.05) is 23.4 Å². The third-order valence-electron chi connectivity index (χ3n) is 5.10. The molecule has 7 nitrogen and oxygen atoms in total. The number of urea groups is 1. The minimum absolute atomic E-state index is 0.0113. The molecule has 0 fully saturated rings. The number of carbonyl (C=O) groups excluding carboxylic acids is 1. The van der Waals surface area contributed by atoms with Crippen molar-refractivity contribution in [3.8, 4) is 11.5 Å². The normalized spacial score (nSPS) is 14.8. The smallest absolute Gasteiger partial charge is 0.343 e. The first-order valence-corrected chi connectivity index (χ1v) is 11.3. The Morgan fingerprint density at radius 2 is 1.67 bits per heavy atom. The van der Waals surface area contributed by atoms with E-state index in [1.54, 1.807) is 6.07 Å². The fourth-order valence-electron chi connectivity index (χ4n) is 3.55. The number of carbonyl (C=O) groups is 1. The Morgan fingerprint density at radius 3 is 2.33 bits per heavy atom. The number of halogens is 3. The number of benzene rings is 3. The van der Waals surface area contributed by atoms with Crippen LogP contribution < -0.4 is 18.7 Å². The first-order valence-electron chi connectivity index (χ1n) is 9.50. The number of ether oxygens (including phenoxy) is 2. The molecule has 0 saturated heterocycles. The molecule has 0 aromatic heterocycles. The molecule has 0 N–H and O–H groups in total. The van der Waals surface area contributed by atoms with E-state index in [0.29, 0.717) is 16.1 Å². The van der Waals surface area contributed by atoms with Crippen LogP contribution in [0.3, 0.4) is 0 Å². The second-order valence-corrected chi connectivity index (χ2v) is 9.16. The van der Waals surface area contributed by atoms with Gasteiger partial charge in [0.05, 0.1) is 37.2 Å². The Bertz CT molecular complexity index is 1340. The largest absolute Gasteiger partial charge is 0.493 e. The first kappa shape index (κ1) is 22.8. The molecule has 0 spiro atoms. The van der Waals surface area contributed by atoms with Crippen LogP contribution in [-0.2, 0) is 16.6 Å².